The molecule has 1 aromatic carbocycles. The van der Waals surface area contributed by atoms with Crippen molar-refractivity contribution in [1.29, 1.82) is 0 Å². The lowest BCUT2D eigenvalue weighted by Crippen LogP contribution is -2.15. The van der Waals surface area contributed by atoms with Crippen LogP contribution in [0.1, 0.15) is 40.2 Å². The Hall–Kier alpha value is -0.0200. The minimum atomic E-state index is 0.0681. The van der Waals surface area contributed by atoms with Crippen LogP contribution in [0.3, 0.4) is 0 Å². The van der Waals surface area contributed by atoms with E-state index in [-0.39, 0.29) is 5.41 Å². The van der Waals surface area contributed by atoms with Crippen LogP contribution in [0.2, 0.25) is 0 Å². The van der Waals surface area contributed by atoms with E-state index in [0.717, 1.165) is 21.3 Å². The Morgan fingerprint density at radius 1 is 1.18 bits per heavy atom. The molecule has 17 heavy (non-hydrogen) atoms. The molecule has 0 radical (unpaired) electrons. The van der Waals surface area contributed by atoms with E-state index in [9.17, 15) is 0 Å². The zero-order chi connectivity index (χ0) is 13.2. The van der Waals surface area contributed by atoms with E-state index in [2.05, 4.69) is 72.5 Å². The Morgan fingerprint density at radius 3 is 2.24 bits per heavy atom. The average molecular weight is 364 g/mol. The standard InChI is InChI=1S/C14H20Br2O/c1-9(2)8-17-13-11(14(3,4)5)6-10(15)7-12(13)16/h6-7,9H,8H2,1-5H3. The molecule has 0 amide bonds. The SMILES string of the molecule is CC(C)COc1c(Br)cc(Br)cc1C(C)(C)C. The average Bonchev–Trinajstić information content (AvgIpc) is 2.13. The van der Waals surface area contributed by atoms with E-state index in [1.165, 1.54) is 5.56 Å². The summed E-state index contributed by atoms with van der Waals surface area (Å²) in [5.41, 5.74) is 1.29. The van der Waals surface area contributed by atoms with Crippen molar-refractivity contribution < 1.29 is 4.74 Å². The summed E-state index contributed by atoms with van der Waals surface area (Å²) in [6.45, 7) is 11.6. The number of rotatable bonds is 3. The highest BCUT2D eigenvalue weighted by atomic mass is 79.9. The first kappa shape index (κ1) is 15.0. The molecule has 0 heterocycles. The van der Waals surface area contributed by atoms with Crippen molar-refractivity contribution in [2.45, 2.75) is 40.0 Å². The van der Waals surface area contributed by atoms with Gasteiger partial charge in [0.15, 0.2) is 0 Å². The Balaban J connectivity index is 3.17. The number of hydrogen-bond acceptors (Lipinski definition) is 1. The van der Waals surface area contributed by atoms with Gasteiger partial charge < -0.3 is 4.74 Å². The molecule has 1 nitrogen and oxygen atoms in total. The van der Waals surface area contributed by atoms with E-state index in [4.69, 9.17) is 4.74 Å². The zero-order valence-electron chi connectivity index (χ0n) is 11.1. The fraction of sp³-hybridized carbons (Fsp3) is 0.571. The van der Waals surface area contributed by atoms with Crippen LogP contribution < -0.4 is 4.74 Å². The maximum absolute atomic E-state index is 5.94. The van der Waals surface area contributed by atoms with E-state index >= 15 is 0 Å². The number of halogens is 2. The third kappa shape index (κ3) is 4.29. The molecule has 0 fully saturated rings. The molecule has 0 aromatic heterocycles. The minimum Gasteiger partial charge on any atom is -0.492 e. The van der Waals surface area contributed by atoms with Crippen molar-refractivity contribution in [1.82, 2.24) is 0 Å². The topological polar surface area (TPSA) is 9.23 Å². The molecule has 96 valence electrons. The molecule has 0 unspecified atom stereocenters. The van der Waals surface area contributed by atoms with Crippen LogP contribution >= 0.6 is 31.9 Å². The fourth-order valence-corrected chi connectivity index (χ4v) is 2.85. The van der Waals surface area contributed by atoms with Crippen molar-refractivity contribution in [3.8, 4) is 5.75 Å². The maximum atomic E-state index is 5.94. The predicted octanol–water partition coefficient (Wildman–Crippen LogP) is 5.54. The van der Waals surface area contributed by atoms with Gasteiger partial charge in [0, 0.05) is 10.0 Å². The molecule has 0 aliphatic carbocycles. The first-order chi connectivity index (χ1) is 7.71. The van der Waals surface area contributed by atoms with Gasteiger partial charge >= 0.3 is 0 Å². The third-order valence-electron chi connectivity index (χ3n) is 2.38. The van der Waals surface area contributed by atoms with Gasteiger partial charge in [-0.2, -0.15) is 0 Å². The molecule has 0 N–H and O–H groups in total. The van der Waals surface area contributed by atoms with E-state index in [1.807, 2.05) is 6.07 Å². The van der Waals surface area contributed by atoms with Crippen LogP contribution in [0.5, 0.6) is 5.75 Å². The highest BCUT2D eigenvalue weighted by Gasteiger charge is 2.22. The molecular weight excluding hydrogens is 344 g/mol. The molecule has 0 saturated heterocycles. The second kappa shape index (κ2) is 5.75. The molecule has 0 saturated carbocycles. The molecule has 1 aromatic rings. The van der Waals surface area contributed by atoms with Crippen LogP contribution in [0.15, 0.2) is 21.1 Å². The van der Waals surface area contributed by atoms with Gasteiger partial charge in [0.2, 0.25) is 0 Å². The summed E-state index contributed by atoms with van der Waals surface area (Å²) in [4.78, 5) is 0. The monoisotopic (exact) mass is 362 g/mol. The van der Waals surface area contributed by atoms with Crippen molar-refractivity contribution in [2.75, 3.05) is 6.61 Å². The summed E-state index contributed by atoms with van der Waals surface area (Å²) in [6.07, 6.45) is 0. The summed E-state index contributed by atoms with van der Waals surface area (Å²) in [5.74, 6) is 1.49. The third-order valence-corrected chi connectivity index (χ3v) is 3.42. The first-order valence-corrected chi connectivity index (χ1v) is 7.42. The minimum absolute atomic E-state index is 0.0681. The summed E-state index contributed by atoms with van der Waals surface area (Å²) >= 11 is 7.12. The Labute approximate surface area is 121 Å². The molecule has 3 heteroatoms. The van der Waals surface area contributed by atoms with E-state index in [1.54, 1.807) is 0 Å². The normalized spacial score (nSPS) is 12.0. The maximum Gasteiger partial charge on any atom is 0.137 e. The predicted molar refractivity (Wildman–Crippen MR) is 80.9 cm³/mol. The second-order valence-electron chi connectivity index (χ2n) is 5.72. The van der Waals surface area contributed by atoms with Gasteiger partial charge in [-0.15, -0.1) is 0 Å². The molecule has 0 atom stereocenters. The number of benzene rings is 1. The Morgan fingerprint density at radius 2 is 1.76 bits per heavy atom. The number of hydrogen-bond donors (Lipinski definition) is 0. The van der Waals surface area contributed by atoms with Gasteiger partial charge in [-0.25, -0.2) is 0 Å². The zero-order valence-corrected chi connectivity index (χ0v) is 14.3. The fourth-order valence-electron chi connectivity index (χ4n) is 1.51. The highest BCUT2D eigenvalue weighted by molar-refractivity contribution is 9.11. The van der Waals surface area contributed by atoms with Gasteiger partial charge in [0.1, 0.15) is 5.75 Å². The molecular formula is C14H20Br2O. The first-order valence-electron chi connectivity index (χ1n) is 5.84. The second-order valence-corrected chi connectivity index (χ2v) is 7.49. The van der Waals surface area contributed by atoms with Gasteiger partial charge in [0.25, 0.3) is 0 Å². The summed E-state index contributed by atoms with van der Waals surface area (Å²) in [7, 11) is 0. The lowest BCUT2D eigenvalue weighted by Gasteiger charge is -2.24. The quantitative estimate of drug-likeness (QED) is 0.684. The van der Waals surface area contributed by atoms with Gasteiger partial charge in [-0.3, -0.25) is 0 Å². The molecule has 0 aliphatic heterocycles. The van der Waals surface area contributed by atoms with Crippen LogP contribution in [0.25, 0.3) is 0 Å². The lowest BCUT2D eigenvalue weighted by atomic mass is 9.86. The van der Waals surface area contributed by atoms with Crippen LogP contribution in [0, 0.1) is 5.92 Å². The van der Waals surface area contributed by atoms with Crippen molar-refractivity contribution in [3.05, 3.63) is 26.6 Å². The van der Waals surface area contributed by atoms with E-state index < -0.39 is 0 Å². The molecule has 0 aliphatic rings. The Bertz CT molecular complexity index is 392. The summed E-state index contributed by atoms with van der Waals surface area (Å²) in [6, 6.07) is 4.17. The highest BCUT2D eigenvalue weighted by Crippen LogP contribution is 2.39. The largest absolute Gasteiger partial charge is 0.492 e. The lowest BCUT2D eigenvalue weighted by molar-refractivity contribution is 0.263. The van der Waals surface area contributed by atoms with Crippen molar-refractivity contribution >= 4 is 31.9 Å². The smallest absolute Gasteiger partial charge is 0.137 e. The van der Waals surface area contributed by atoms with Gasteiger partial charge in [-0.1, -0.05) is 50.5 Å². The summed E-state index contributed by atoms with van der Waals surface area (Å²) < 4.78 is 8.03. The van der Waals surface area contributed by atoms with Crippen LogP contribution in [-0.2, 0) is 5.41 Å². The van der Waals surface area contributed by atoms with Gasteiger partial charge in [0.05, 0.1) is 11.1 Å². The molecule has 0 spiro atoms. The van der Waals surface area contributed by atoms with Crippen LogP contribution in [0.4, 0.5) is 0 Å². The van der Waals surface area contributed by atoms with Crippen molar-refractivity contribution in [2.24, 2.45) is 5.92 Å². The summed E-state index contributed by atoms with van der Waals surface area (Å²) in [5, 5.41) is 0. The molecule has 0 bridgehead atoms. The Kier molecular flexibility index (Phi) is 5.08. The van der Waals surface area contributed by atoms with E-state index in [0.29, 0.717) is 5.92 Å². The number of ether oxygens (including phenoxy) is 1. The van der Waals surface area contributed by atoms with Gasteiger partial charge in [-0.05, 0) is 39.4 Å². The molecule has 1 rings (SSSR count). The van der Waals surface area contributed by atoms with Crippen molar-refractivity contribution in [3.63, 3.8) is 0 Å². The van der Waals surface area contributed by atoms with Crippen LogP contribution in [-0.4, -0.2) is 6.61 Å².